The molecule has 0 spiro atoms. The summed E-state index contributed by atoms with van der Waals surface area (Å²) in [5.41, 5.74) is 2.78. The molecule has 0 amide bonds. The second-order valence-electron chi connectivity index (χ2n) is 8.24. The fourth-order valence-electron chi connectivity index (χ4n) is 3.22. The molecule has 160 valence electrons. The Hall–Kier alpha value is -2.26. The standard InChI is InChI=1S/C27H34O2S/c1-22(2)13-11-14-23(3)15-12-20-27(4,30-25-18-9-6-10-19-25)21-26(28)29-24-16-7-5-8-17-24/h5-10,13,15-19H,11-12,14,20-21H2,1-4H3/b23-15+. The number of rotatable bonds is 11. The van der Waals surface area contributed by atoms with Crippen molar-refractivity contribution in [1.82, 2.24) is 0 Å². The maximum Gasteiger partial charge on any atom is 0.312 e. The third kappa shape index (κ3) is 9.49. The van der Waals surface area contributed by atoms with Crippen LogP contribution in [0, 0.1) is 0 Å². The minimum atomic E-state index is -0.232. The summed E-state index contributed by atoms with van der Waals surface area (Å²) in [5.74, 6) is 0.418. The molecule has 0 aromatic heterocycles. The van der Waals surface area contributed by atoms with Crippen LogP contribution >= 0.6 is 11.8 Å². The van der Waals surface area contributed by atoms with Gasteiger partial charge in [0.1, 0.15) is 5.75 Å². The van der Waals surface area contributed by atoms with E-state index < -0.39 is 0 Å². The van der Waals surface area contributed by atoms with Gasteiger partial charge in [-0.15, -0.1) is 11.8 Å². The predicted molar refractivity (Wildman–Crippen MR) is 129 cm³/mol. The Labute approximate surface area is 186 Å². The van der Waals surface area contributed by atoms with Gasteiger partial charge in [0.05, 0.1) is 6.42 Å². The Bertz CT molecular complexity index is 836. The molecule has 0 saturated heterocycles. The quantitative estimate of drug-likeness (QED) is 0.159. The topological polar surface area (TPSA) is 26.3 Å². The van der Waals surface area contributed by atoms with Crippen molar-refractivity contribution in [2.75, 3.05) is 0 Å². The van der Waals surface area contributed by atoms with Crippen LogP contribution in [0.15, 0.2) is 88.9 Å². The van der Waals surface area contributed by atoms with Gasteiger partial charge in [-0.2, -0.15) is 0 Å². The van der Waals surface area contributed by atoms with Crippen LogP contribution in [0.2, 0.25) is 0 Å². The first kappa shape index (κ1) is 24.0. The molecule has 1 unspecified atom stereocenters. The van der Waals surface area contributed by atoms with E-state index in [1.807, 2.05) is 48.5 Å². The van der Waals surface area contributed by atoms with Gasteiger partial charge in [-0.3, -0.25) is 4.79 Å². The molecule has 0 saturated carbocycles. The molecule has 0 aliphatic heterocycles. The number of benzene rings is 2. The van der Waals surface area contributed by atoms with Crippen LogP contribution in [0.5, 0.6) is 5.75 Å². The molecule has 30 heavy (non-hydrogen) atoms. The smallest absolute Gasteiger partial charge is 0.312 e. The number of thioether (sulfide) groups is 1. The molecule has 2 rings (SSSR count). The molecular formula is C27H34O2S. The highest BCUT2D eigenvalue weighted by Gasteiger charge is 2.29. The van der Waals surface area contributed by atoms with Gasteiger partial charge in [-0.25, -0.2) is 0 Å². The lowest BCUT2D eigenvalue weighted by Gasteiger charge is -2.28. The second kappa shape index (κ2) is 12.4. The molecule has 3 heteroatoms. The Morgan fingerprint density at radius 2 is 1.57 bits per heavy atom. The first-order chi connectivity index (χ1) is 14.4. The summed E-state index contributed by atoms with van der Waals surface area (Å²) in [4.78, 5) is 13.8. The van der Waals surface area contributed by atoms with E-state index in [1.165, 1.54) is 16.0 Å². The van der Waals surface area contributed by atoms with Crippen LogP contribution in [0.25, 0.3) is 0 Å². The summed E-state index contributed by atoms with van der Waals surface area (Å²) >= 11 is 1.76. The lowest BCUT2D eigenvalue weighted by atomic mass is 9.99. The first-order valence-electron chi connectivity index (χ1n) is 10.7. The Balaban J connectivity index is 2.01. The lowest BCUT2D eigenvalue weighted by molar-refractivity contribution is -0.134. The van der Waals surface area contributed by atoms with Gasteiger partial charge in [0.25, 0.3) is 0 Å². The molecule has 0 heterocycles. The molecule has 0 N–H and O–H groups in total. The number of ether oxygens (including phenoxy) is 1. The minimum absolute atomic E-state index is 0.184. The maximum absolute atomic E-state index is 12.7. The zero-order valence-electron chi connectivity index (χ0n) is 18.7. The number of carbonyl (C=O) groups excluding carboxylic acids is 1. The van der Waals surface area contributed by atoms with E-state index in [0.717, 1.165) is 25.7 Å². The number of allylic oxidation sites excluding steroid dienone is 4. The Morgan fingerprint density at radius 3 is 2.20 bits per heavy atom. The zero-order chi connectivity index (χ0) is 21.8. The minimum Gasteiger partial charge on any atom is -0.426 e. The van der Waals surface area contributed by atoms with Crippen molar-refractivity contribution in [3.8, 4) is 5.75 Å². The van der Waals surface area contributed by atoms with E-state index in [4.69, 9.17) is 4.74 Å². The molecule has 1 atom stereocenters. The van der Waals surface area contributed by atoms with Crippen molar-refractivity contribution in [2.45, 2.75) is 69.4 Å². The molecule has 0 bridgehead atoms. The fourth-order valence-corrected chi connectivity index (χ4v) is 4.50. The summed E-state index contributed by atoms with van der Waals surface area (Å²) < 4.78 is 5.34. The normalized spacial score (nSPS) is 13.4. The predicted octanol–water partition coefficient (Wildman–Crippen LogP) is 8.01. The molecular weight excluding hydrogens is 388 g/mol. The molecule has 0 aliphatic carbocycles. The number of hydrogen-bond acceptors (Lipinski definition) is 3. The lowest BCUT2D eigenvalue weighted by Crippen LogP contribution is -2.26. The fraction of sp³-hybridized carbons (Fsp3) is 0.370. The van der Waals surface area contributed by atoms with Gasteiger partial charge in [0.2, 0.25) is 0 Å². The molecule has 2 aromatic carbocycles. The Morgan fingerprint density at radius 1 is 0.933 bits per heavy atom. The van der Waals surface area contributed by atoms with Crippen molar-refractivity contribution in [2.24, 2.45) is 0 Å². The van der Waals surface area contributed by atoms with Crippen molar-refractivity contribution >= 4 is 17.7 Å². The van der Waals surface area contributed by atoms with Crippen LogP contribution in [-0.4, -0.2) is 10.7 Å². The average molecular weight is 423 g/mol. The van der Waals surface area contributed by atoms with Gasteiger partial charge in [-0.05, 0) is 77.6 Å². The van der Waals surface area contributed by atoms with E-state index in [9.17, 15) is 4.79 Å². The largest absolute Gasteiger partial charge is 0.426 e. The third-order valence-corrected chi connectivity index (χ3v) is 6.21. The van der Waals surface area contributed by atoms with Crippen LogP contribution < -0.4 is 4.74 Å². The first-order valence-corrected chi connectivity index (χ1v) is 11.5. The molecule has 2 aromatic rings. The number of esters is 1. The van der Waals surface area contributed by atoms with Crippen LogP contribution in [0.4, 0.5) is 0 Å². The van der Waals surface area contributed by atoms with Gasteiger partial charge in [0.15, 0.2) is 0 Å². The van der Waals surface area contributed by atoms with E-state index in [0.29, 0.717) is 12.2 Å². The van der Waals surface area contributed by atoms with Crippen molar-refractivity contribution in [1.29, 1.82) is 0 Å². The van der Waals surface area contributed by atoms with Crippen LogP contribution in [0.1, 0.15) is 59.8 Å². The summed E-state index contributed by atoms with van der Waals surface area (Å²) in [6.07, 6.45) is 9.02. The zero-order valence-corrected chi connectivity index (χ0v) is 19.5. The highest BCUT2D eigenvalue weighted by molar-refractivity contribution is 8.00. The summed E-state index contributed by atoms with van der Waals surface area (Å²) in [5, 5.41) is 0. The molecule has 0 aliphatic rings. The van der Waals surface area contributed by atoms with Crippen molar-refractivity contribution in [3.63, 3.8) is 0 Å². The molecule has 0 radical (unpaired) electrons. The van der Waals surface area contributed by atoms with Crippen molar-refractivity contribution in [3.05, 3.63) is 84.0 Å². The third-order valence-electron chi connectivity index (χ3n) is 4.86. The monoisotopic (exact) mass is 422 g/mol. The second-order valence-corrected chi connectivity index (χ2v) is 9.90. The van der Waals surface area contributed by atoms with Gasteiger partial charge >= 0.3 is 5.97 Å². The number of carbonyl (C=O) groups is 1. The average Bonchev–Trinajstić information content (AvgIpc) is 2.69. The van der Waals surface area contributed by atoms with Crippen LogP contribution in [-0.2, 0) is 4.79 Å². The molecule has 0 fully saturated rings. The van der Waals surface area contributed by atoms with Crippen LogP contribution in [0.3, 0.4) is 0 Å². The van der Waals surface area contributed by atoms with E-state index in [-0.39, 0.29) is 10.7 Å². The highest BCUT2D eigenvalue weighted by Crippen LogP contribution is 2.39. The summed E-state index contributed by atoms with van der Waals surface area (Å²) in [7, 11) is 0. The SMILES string of the molecule is CC(C)=CCC/C(C)=C/CCC(C)(CC(=O)Oc1ccccc1)Sc1ccccc1. The molecule has 2 nitrogen and oxygen atoms in total. The number of para-hydroxylation sites is 1. The summed E-state index contributed by atoms with van der Waals surface area (Å²) in [6.45, 7) is 8.65. The maximum atomic E-state index is 12.7. The van der Waals surface area contributed by atoms with E-state index in [2.05, 4.69) is 52.0 Å². The van der Waals surface area contributed by atoms with Crippen molar-refractivity contribution < 1.29 is 9.53 Å². The Kier molecular flexibility index (Phi) is 9.96. The highest BCUT2D eigenvalue weighted by atomic mass is 32.2. The van der Waals surface area contributed by atoms with E-state index >= 15 is 0 Å². The van der Waals surface area contributed by atoms with Gasteiger partial charge < -0.3 is 4.74 Å². The van der Waals surface area contributed by atoms with Gasteiger partial charge in [0, 0.05) is 9.64 Å². The van der Waals surface area contributed by atoms with Gasteiger partial charge in [-0.1, -0.05) is 59.7 Å². The summed E-state index contributed by atoms with van der Waals surface area (Å²) in [6, 6.07) is 19.6. The number of hydrogen-bond donors (Lipinski definition) is 0. The van der Waals surface area contributed by atoms with E-state index in [1.54, 1.807) is 11.8 Å².